The van der Waals surface area contributed by atoms with Gasteiger partial charge in [-0.15, -0.1) is 11.3 Å². The Kier molecular flexibility index (Phi) is 4.53. The number of benzene rings is 1. The van der Waals surface area contributed by atoms with Crippen LogP contribution in [0.2, 0.25) is 0 Å². The van der Waals surface area contributed by atoms with Gasteiger partial charge in [-0.05, 0) is 38.0 Å². The van der Waals surface area contributed by atoms with Crippen LogP contribution in [0.25, 0.3) is 27.4 Å². The van der Waals surface area contributed by atoms with E-state index < -0.39 is 0 Å². The first-order valence-electron chi connectivity index (χ1n) is 10.9. The zero-order valence-electron chi connectivity index (χ0n) is 17.7. The Morgan fingerprint density at radius 1 is 1.09 bits per heavy atom. The molecule has 0 bridgehead atoms. The summed E-state index contributed by atoms with van der Waals surface area (Å²) >= 11 is 1.61. The van der Waals surface area contributed by atoms with Gasteiger partial charge in [-0.2, -0.15) is 0 Å². The topological polar surface area (TPSA) is 77.1 Å². The summed E-state index contributed by atoms with van der Waals surface area (Å²) in [6.45, 7) is 2.84. The van der Waals surface area contributed by atoms with Gasteiger partial charge in [-0.3, -0.25) is 9.20 Å². The largest absolute Gasteiger partial charge is 0.322 e. The number of nitrogens with one attached hydrogen (secondary N) is 1. The average Bonchev–Trinajstić information content (AvgIpc) is 3.43. The molecule has 6 rings (SSSR count). The second-order valence-electron chi connectivity index (χ2n) is 8.22. The summed E-state index contributed by atoms with van der Waals surface area (Å²) in [6.07, 6.45) is 8.40. The van der Waals surface area contributed by atoms with E-state index in [1.807, 2.05) is 59.4 Å². The molecule has 1 N–H and O–H groups in total. The van der Waals surface area contributed by atoms with Gasteiger partial charge >= 0.3 is 0 Å². The maximum atomic E-state index is 13.2. The molecule has 1 aromatic carbocycles. The smallest absolute Gasteiger partial charge is 0.258 e. The molecule has 5 aromatic rings. The molecule has 1 amide bonds. The lowest BCUT2D eigenvalue weighted by Crippen LogP contribution is -2.13. The van der Waals surface area contributed by atoms with Crippen molar-refractivity contribution in [1.29, 1.82) is 0 Å². The molecular formula is C24H22N6OS. The summed E-state index contributed by atoms with van der Waals surface area (Å²) < 4.78 is 4.20. The standard InChI is InChI=1S/C24H22N6OS/c1-15-13-18(21-22(25-15)30-10-4-2-3-5-20(30)28-21)23(31)26-17-8-6-16(7-9-17)19-14-29-11-12-32-24(29)27-19/h6-9,11-14H,2-5,10H2,1H3,(H,26,31). The number of amides is 1. The lowest BCUT2D eigenvalue weighted by molar-refractivity contribution is 0.102. The number of aromatic nitrogens is 5. The van der Waals surface area contributed by atoms with Crippen molar-refractivity contribution in [2.45, 2.75) is 39.2 Å². The maximum Gasteiger partial charge on any atom is 0.258 e. The molecule has 1 aliphatic rings. The minimum absolute atomic E-state index is 0.163. The summed E-state index contributed by atoms with van der Waals surface area (Å²) in [5, 5.41) is 5.05. The van der Waals surface area contributed by atoms with Crippen LogP contribution in [0.1, 0.15) is 41.1 Å². The molecule has 0 atom stereocenters. The number of aryl methyl sites for hydroxylation is 3. The van der Waals surface area contributed by atoms with E-state index in [4.69, 9.17) is 9.97 Å². The Morgan fingerprint density at radius 2 is 1.97 bits per heavy atom. The molecule has 1 aliphatic heterocycles. The molecule has 0 saturated carbocycles. The molecule has 0 aliphatic carbocycles. The van der Waals surface area contributed by atoms with E-state index >= 15 is 0 Å². The molecule has 160 valence electrons. The number of anilines is 1. The van der Waals surface area contributed by atoms with Crippen LogP contribution >= 0.6 is 11.3 Å². The van der Waals surface area contributed by atoms with Crippen LogP contribution < -0.4 is 5.32 Å². The van der Waals surface area contributed by atoms with Gasteiger partial charge in [0.05, 0.1) is 11.3 Å². The number of hydrogen-bond acceptors (Lipinski definition) is 5. The van der Waals surface area contributed by atoms with Gasteiger partial charge in [0.25, 0.3) is 5.91 Å². The van der Waals surface area contributed by atoms with Gasteiger partial charge in [0.1, 0.15) is 11.3 Å². The van der Waals surface area contributed by atoms with Gasteiger partial charge in [0.2, 0.25) is 0 Å². The highest BCUT2D eigenvalue weighted by molar-refractivity contribution is 7.15. The third-order valence-electron chi connectivity index (χ3n) is 5.97. The molecular weight excluding hydrogens is 420 g/mol. The Bertz CT molecular complexity index is 1430. The first-order chi connectivity index (χ1) is 15.7. The second-order valence-corrected chi connectivity index (χ2v) is 9.10. The number of rotatable bonds is 3. The summed E-state index contributed by atoms with van der Waals surface area (Å²) in [6, 6.07) is 9.61. The number of pyridine rings is 1. The molecule has 32 heavy (non-hydrogen) atoms. The predicted octanol–water partition coefficient (Wildman–Crippen LogP) is 5.09. The minimum Gasteiger partial charge on any atom is -0.322 e. The fourth-order valence-electron chi connectivity index (χ4n) is 4.38. The van der Waals surface area contributed by atoms with Gasteiger partial charge in [-0.1, -0.05) is 18.6 Å². The van der Waals surface area contributed by atoms with Crippen molar-refractivity contribution in [3.05, 3.63) is 65.2 Å². The molecule has 8 heteroatoms. The van der Waals surface area contributed by atoms with Crippen molar-refractivity contribution in [3.8, 4) is 11.3 Å². The summed E-state index contributed by atoms with van der Waals surface area (Å²) in [4.78, 5) is 28.3. The number of thiazole rings is 1. The van der Waals surface area contributed by atoms with E-state index in [-0.39, 0.29) is 5.91 Å². The Labute approximate surface area is 188 Å². The molecule has 0 unspecified atom stereocenters. The molecule has 0 spiro atoms. The molecule has 0 radical (unpaired) electrons. The average molecular weight is 443 g/mol. The van der Waals surface area contributed by atoms with Crippen LogP contribution in [-0.4, -0.2) is 29.8 Å². The molecule has 5 heterocycles. The fourth-order valence-corrected chi connectivity index (χ4v) is 5.08. The Morgan fingerprint density at radius 3 is 2.81 bits per heavy atom. The van der Waals surface area contributed by atoms with Crippen molar-refractivity contribution < 1.29 is 4.79 Å². The zero-order chi connectivity index (χ0) is 21.7. The summed E-state index contributed by atoms with van der Waals surface area (Å²) in [7, 11) is 0. The number of fused-ring (bicyclic) bond motifs is 4. The highest BCUT2D eigenvalue weighted by Gasteiger charge is 2.21. The summed E-state index contributed by atoms with van der Waals surface area (Å²) in [5.74, 6) is 0.873. The quantitative estimate of drug-likeness (QED) is 0.422. The number of hydrogen-bond donors (Lipinski definition) is 1. The van der Waals surface area contributed by atoms with Crippen LogP contribution in [0.5, 0.6) is 0 Å². The van der Waals surface area contributed by atoms with E-state index in [9.17, 15) is 4.79 Å². The van der Waals surface area contributed by atoms with E-state index in [1.54, 1.807) is 11.3 Å². The predicted molar refractivity (Wildman–Crippen MR) is 126 cm³/mol. The van der Waals surface area contributed by atoms with Crippen molar-refractivity contribution in [2.75, 3.05) is 5.32 Å². The first-order valence-corrected chi connectivity index (χ1v) is 11.7. The van der Waals surface area contributed by atoms with Crippen molar-refractivity contribution in [2.24, 2.45) is 0 Å². The van der Waals surface area contributed by atoms with E-state index in [2.05, 4.69) is 14.9 Å². The second kappa shape index (κ2) is 7.56. The van der Waals surface area contributed by atoms with E-state index in [0.717, 1.165) is 64.9 Å². The third-order valence-corrected chi connectivity index (χ3v) is 6.74. The lowest BCUT2D eigenvalue weighted by atomic mass is 10.1. The van der Waals surface area contributed by atoms with Crippen LogP contribution in [0.15, 0.2) is 48.1 Å². The van der Waals surface area contributed by atoms with Crippen molar-refractivity contribution in [3.63, 3.8) is 0 Å². The molecule has 4 aromatic heterocycles. The monoisotopic (exact) mass is 442 g/mol. The Hall–Kier alpha value is -3.52. The Balaban J connectivity index is 1.29. The van der Waals surface area contributed by atoms with Gasteiger partial charge in [0.15, 0.2) is 10.6 Å². The van der Waals surface area contributed by atoms with Gasteiger partial charge in [0, 0.05) is 47.7 Å². The molecule has 7 nitrogen and oxygen atoms in total. The first kappa shape index (κ1) is 19.2. The summed E-state index contributed by atoms with van der Waals surface area (Å²) in [5.41, 5.74) is 5.58. The van der Waals surface area contributed by atoms with Crippen LogP contribution in [0, 0.1) is 6.92 Å². The molecule has 0 fully saturated rings. The van der Waals surface area contributed by atoms with Crippen molar-refractivity contribution in [1.82, 2.24) is 23.9 Å². The van der Waals surface area contributed by atoms with Gasteiger partial charge < -0.3 is 9.88 Å². The number of carbonyl (C=O) groups is 1. The third kappa shape index (κ3) is 3.27. The fraction of sp³-hybridized carbons (Fsp3) is 0.250. The minimum atomic E-state index is -0.163. The van der Waals surface area contributed by atoms with Crippen LogP contribution in [-0.2, 0) is 13.0 Å². The number of nitrogens with zero attached hydrogens (tertiary/aromatic N) is 5. The lowest BCUT2D eigenvalue weighted by Gasteiger charge is -2.08. The highest BCUT2D eigenvalue weighted by atomic mass is 32.1. The van der Waals surface area contributed by atoms with Crippen LogP contribution in [0.4, 0.5) is 5.69 Å². The van der Waals surface area contributed by atoms with E-state index in [1.165, 1.54) is 6.42 Å². The van der Waals surface area contributed by atoms with Crippen molar-refractivity contribution >= 4 is 39.1 Å². The molecule has 0 saturated heterocycles. The van der Waals surface area contributed by atoms with E-state index in [0.29, 0.717) is 11.1 Å². The zero-order valence-corrected chi connectivity index (χ0v) is 18.5. The SMILES string of the molecule is Cc1cc(C(=O)Nc2ccc(-c3cn4ccsc4n3)cc2)c2nc3n(c2n1)CCCCC3. The van der Waals surface area contributed by atoms with Gasteiger partial charge in [-0.25, -0.2) is 15.0 Å². The maximum absolute atomic E-state index is 13.2. The normalized spacial score (nSPS) is 13.9. The number of imidazole rings is 2. The number of carbonyl (C=O) groups excluding carboxylic acids is 1. The van der Waals surface area contributed by atoms with Crippen LogP contribution in [0.3, 0.4) is 0 Å². The highest BCUT2D eigenvalue weighted by Crippen LogP contribution is 2.26.